The average molecular weight is 299 g/mol. The number of nitrogens with one attached hydrogen (secondary N) is 1. The standard InChI is InChI=1S/C16H21N5O/c1-11-5-3-8-15(12(11)2)18-16(22)13-6-4-7-14(9-13)21-10-17-19-20-21/h4,6-7,9-12,15H,3,5,8H2,1-2H3,(H,18,22)/t11-,12+,15+/m1/s1. The summed E-state index contributed by atoms with van der Waals surface area (Å²) < 4.78 is 1.54. The lowest BCUT2D eigenvalue weighted by molar-refractivity contribution is 0.0891. The van der Waals surface area contributed by atoms with Crippen LogP contribution in [0.1, 0.15) is 43.5 Å². The fourth-order valence-corrected chi connectivity index (χ4v) is 3.11. The van der Waals surface area contributed by atoms with E-state index in [9.17, 15) is 4.79 Å². The Bertz CT molecular complexity index is 640. The first-order chi connectivity index (χ1) is 10.6. The molecule has 1 aromatic carbocycles. The van der Waals surface area contributed by atoms with E-state index >= 15 is 0 Å². The number of hydrogen-bond acceptors (Lipinski definition) is 4. The molecule has 0 bridgehead atoms. The van der Waals surface area contributed by atoms with Gasteiger partial charge in [-0.15, -0.1) is 5.10 Å². The highest BCUT2D eigenvalue weighted by atomic mass is 16.1. The Hall–Kier alpha value is -2.24. The van der Waals surface area contributed by atoms with Gasteiger partial charge in [0.1, 0.15) is 6.33 Å². The molecule has 3 atom stereocenters. The van der Waals surface area contributed by atoms with Crippen molar-refractivity contribution in [1.29, 1.82) is 0 Å². The highest BCUT2D eigenvalue weighted by Gasteiger charge is 2.28. The maximum Gasteiger partial charge on any atom is 0.251 e. The van der Waals surface area contributed by atoms with Gasteiger partial charge in [0.15, 0.2) is 0 Å². The van der Waals surface area contributed by atoms with E-state index in [2.05, 4.69) is 34.7 Å². The van der Waals surface area contributed by atoms with Crippen molar-refractivity contribution in [2.24, 2.45) is 11.8 Å². The normalized spacial score (nSPS) is 24.9. The number of carbonyl (C=O) groups excluding carboxylic acids is 1. The molecule has 1 aliphatic carbocycles. The van der Waals surface area contributed by atoms with Crippen LogP contribution < -0.4 is 5.32 Å². The lowest BCUT2D eigenvalue weighted by Gasteiger charge is -2.34. The molecule has 6 heteroatoms. The van der Waals surface area contributed by atoms with Crippen molar-refractivity contribution in [3.63, 3.8) is 0 Å². The first-order valence-corrected chi connectivity index (χ1v) is 7.79. The monoisotopic (exact) mass is 299 g/mol. The van der Waals surface area contributed by atoms with Crippen LogP contribution in [0.4, 0.5) is 0 Å². The molecule has 1 saturated carbocycles. The van der Waals surface area contributed by atoms with E-state index in [4.69, 9.17) is 0 Å². The minimum absolute atomic E-state index is 0.0270. The van der Waals surface area contributed by atoms with Crippen LogP contribution in [-0.2, 0) is 0 Å². The van der Waals surface area contributed by atoms with Crippen molar-refractivity contribution < 1.29 is 4.79 Å². The molecule has 22 heavy (non-hydrogen) atoms. The second-order valence-corrected chi connectivity index (χ2v) is 6.15. The van der Waals surface area contributed by atoms with Crippen LogP contribution in [0.3, 0.4) is 0 Å². The Labute approximate surface area is 129 Å². The summed E-state index contributed by atoms with van der Waals surface area (Å²) in [7, 11) is 0. The molecule has 1 amide bonds. The lowest BCUT2D eigenvalue weighted by Crippen LogP contribution is -2.43. The van der Waals surface area contributed by atoms with Crippen molar-refractivity contribution in [3.05, 3.63) is 36.2 Å². The smallest absolute Gasteiger partial charge is 0.251 e. The highest BCUT2D eigenvalue weighted by molar-refractivity contribution is 5.94. The molecule has 0 saturated heterocycles. The van der Waals surface area contributed by atoms with Gasteiger partial charge in [-0.3, -0.25) is 4.79 Å². The van der Waals surface area contributed by atoms with E-state index in [1.54, 1.807) is 4.68 Å². The molecule has 0 radical (unpaired) electrons. The van der Waals surface area contributed by atoms with Crippen LogP contribution in [0.2, 0.25) is 0 Å². The topological polar surface area (TPSA) is 72.7 Å². The van der Waals surface area contributed by atoms with E-state index in [0.717, 1.165) is 12.1 Å². The average Bonchev–Trinajstić information content (AvgIpc) is 3.06. The molecule has 1 aliphatic rings. The summed E-state index contributed by atoms with van der Waals surface area (Å²) in [5.41, 5.74) is 1.42. The van der Waals surface area contributed by atoms with Gasteiger partial charge in [0.05, 0.1) is 5.69 Å². The van der Waals surface area contributed by atoms with Crippen LogP contribution in [0.25, 0.3) is 5.69 Å². The number of hydrogen-bond donors (Lipinski definition) is 1. The third-order valence-electron chi connectivity index (χ3n) is 4.75. The van der Waals surface area contributed by atoms with Crippen LogP contribution in [0.5, 0.6) is 0 Å². The summed E-state index contributed by atoms with van der Waals surface area (Å²) in [6.45, 7) is 4.49. The maximum absolute atomic E-state index is 12.5. The van der Waals surface area contributed by atoms with Gasteiger partial charge in [-0.2, -0.15) is 0 Å². The van der Waals surface area contributed by atoms with Crippen LogP contribution >= 0.6 is 0 Å². The largest absolute Gasteiger partial charge is 0.349 e. The molecule has 0 unspecified atom stereocenters. The third-order valence-corrected chi connectivity index (χ3v) is 4.75. The van der Waals surface area contributed by atoms with Crippen molar-refractivity contribution in [2.45, 2.75) is 39.2 Å². The Kier molecular flexibility index (Phi) is 4.18. The number of amides is 1. The van der Waals surface area contributed by atoms with Gasteiger partial charge in [-0.25, -0.2) is 4.68 Å². The molecule has 1 heterocycles. The Balaban J connectivity index is 1.74. The van der Waals surface area contributed by atoms with Crippen molar-refractivity contribution in [3.8, 4) is 5.69 Å². The SMILES string of the molecule is C[C@H]1[C@H](C)CCC[C@@H]1NC(=O)c1cccc(-n2cnnn2)c1. The fourth-order valence-electron chi connectivity index (χ4n) is 3.11. The van der Waals surface area contributed by atoms with Gasteiger partial charge in [0, 0.05) is 11.6 Å². The quantitative estimate of drug-likeness (QED) is 0.943. The molecule has 0 aliphatic heterocycles. The summed E-state index contributed by atoms with van der Waals surface area (Å²) in [4.78, 5) is 12.5. The Morgan fingerprint density at radius 1 is 1.32 bits per heavy atom. The lowest BCUT2D eigenvalue weighted by atomic mass is 9.78. The van der Waals surface area contributed by atoms with Crippen molar-refractivity contribution in [2.75, 3.05) is 0 Å². The van der Waals surface area contributed by atoms with Crippen molar-refractivity contribution >= 4 is 5.91 Å². The number of rotatable bonds is 3. The molecular formula is C16H21N5O. The number of nitrogens with zero attached hydrogens (tertiary/aromatic N) is 4. The highest BCUT2D eigenvalue weighted by Crippen LogP contribution is 2.29. The minimum Gasteiger partial charge on any atom is -0.349 e. The summed E-state index contributed by atoms with van der Waals surface area (Å²) in [6, 6.07) is 7.60. The summed E-state index contributed by atoms with van der Waals surface area (Å²) in [5.74, 6) is 1.15. The fraction of sp³-hybridized carbons (Fsp3) is 0.500. The van der Waals surface area contributed by atoms with E-state index in [-0.39, 0.29) is 11.9 Å². The zero-order chi connectivity index (χ0) is 15.5. The first kappa shape index (κ1) is 14.7. The molecule has 1 aromatic heterocycles. The van der Waals surface area contributed by atoms with Crippen molar-refractivity contribution in [1.82, 2.24) is 25.5 Å². The summed E-state index contributed by atoms with van der Waals surface area (Å²) in [5, 5.41) is 14.3. The second-order valence-electron chi connectivity index (χ2n) is 6.15. The molecule has 0 spiro atoms. The predicted octanol–water partition coefficient (Wildman–Crippen LogP) is 2.22. The summed E-state index contributed by atoms with van der Waals surface area (Å²) >= 11 is 0. The van der Waals surface area contributed by atoms with E-state index in [0.29, 0.717) is 17.4 Å². The molecule has 2 aromatic rings. The molecular weight excluding hydrogens is 278 g/mol. The van der Waals surface area contributed by atoms with Gasteiger partial charge < -0.3 is 5.32 Å². The van der Waals surface area contributed by atoms with Gasteiger partial charge in [0.25, 0.3) is 5.91 Å². The molecule has 1 N–H and O–H groups in total. The predicted molar refractivity (Wildman–Crippen MR) is 82.6 cm³/mol. The Morgan fingerprint density at radius 2 is 2.18 bits per heavy atom. The number of carbonyl (C=O) groups is 1. The van der Waals surface area contributed by atoms with Gasteiger partial charge in [-0.1, -0.05) is 32.8 Å². The number of tetrazole rings is 1. The van der Waals surface area contributed by atoms with Crippen LogP contribution in [0, 0.1) is 11.8 Å². The zero-order valence-electron chi connectivity index (χ0n) is 12.9. The van der Waals surface area contributed by atoms with Crippen LogP contribution in [0.15, 0.2) is 30.6 Å². The number of benzene rings is 1. The summed E-state index contributed by atoms with van der Waals surface area (Å²) in [6.07, 6.45) is 5.01. The van der Waals surface area contributed by atoms with Crippen LogP contribution in [-0.4, -0.2) is 32.2 Å². The van der Waals surface area contributed by atoms with Gasteiger partial charge >= 0.3 is 0 Å². The minimum atomic E-state index is -0.0270. The van der Waals surface area contributed by atoms with Gasteiger partial charge in [-0.05, 0) is 46.9 Å². The molecule has 1 fully saturated rings. The van der Waals surface area contributed by atoms with Gasteiger partial charge in [0.2, 0.25) is 0 Å². The van der Waals surface area contributed by atoms with E-state index in [1.807, 2.05) is 24.3 Å². The second kappa shape index (κ2) is 6.25. The third kappa shape index (κ3) is 3.00. The molecule has 116 valence electrons. The van der Waals surface area contributed by atoms with E-state index < -0.39 is 0 Å². The molecule has 6 nitrogen and oxygen atoms in total. The van der Waals surface area contributed by atoms with E-state index in [1.165, 1.54) is 19.2 Å². The zero-order valence-corrected chi connectivity index (χ0v) is 12.9. The first-order valence-electron chi connectivity index (χ1n) is 7.79. The maximum atomic E-state index is 12.5. The number of aromatic nitrogens is 4. The Morgan fingerprint density at radius 3 is 2.95 bits per heavy atom. The molecule has 3 rings (SSSR count).